The van der Waals surface area contributed by atoms with Crippen molar-refractivity contribution in [1.29, 1.82) is 0 Å². The quantitative estimate of drug-likeness (QED) is 0.512. The van der Waals surface area contributed by atoms with Crippen LogP contribution in [0, 0.1) is 0 Å². The molecule has 0 fully saturated rings. The molecular formula is C4H11NOP+. The van der Waals surface area contributed by atoms with Gasteiger partial charge in [-0.3, -0.25) is 0 Å². The van der Waals surface area contributed by atoms with Gasteiger partial charge in [0.15, 0.2) is 6.66 Å². The third-order valence-corrected chi connectivity index (χ3v) is 2.18. The Morgan fingerprint density at radius 2 is 2.14 bits per heavy atom. The summed E-state index contributed by atoms with van der Waals surface area (Å²) in [6, 6.07) is 0. The Kier molecular flexibility index (Phi) is 3.14. The number of rotatable bonds is 2. The van der Waals surface area contributed by atoms with Gasteiger partial charge in [0.2, 0.25) is 0 Å². The van der Waals surface area contributed by atoms with E-state index >= 15 is 0 Å². The van der Waals surface area contributed by atoms with Crippen molar-refractivity contribution in [1.82, 2.24) is 4.67 Å². The van der Waals surface area contributed by atoms with Gasteiger partial charge in [0.1, 0.15) is 0 Å². The molecule has 0 N–H and O–H groups in total. The fraction of sp³-hybridized carbons (Fsp3) is 1.00. The highest BCUT2D eigenvalue weighted by Crippen LogP contribution is 2.16. The predicted molar refractivity (Wildman–Crippen MR) is 31.8 cm³/mol. The van der Waals surface area contributed by atoms with Crippen molar-refractivity contribution < 1.29 is 4.57 Å². The topological polar surface area (TPSA) is 20.3 Å². The van der Waals surface area contributed by atoms with Crippen LogP contribution in [0.1, 0.15) is 6.92 Å². The molecule has 0 amide bonds. The first-order valence-corrected chi connectivity index (χ1v) is 3.96. The molecule has 0 saturated heterocycles. The maximum Gasteiger partial charge on any atom is 0.431 e. The van der Waals surface area contributed by atoms with Gasteiger partial charge >= 0.3 is 7.95 Å². The van der Waals surface area contributed by atoms with Gasteiger partial charge in [-0.15, -0.1) is 4.67 Å². The van der Waals surface area contributed by atoms with E-state index in [0.29, 0.717) is 0 Å². The summed E-state index contributed by atoms with van der Waals surface area (Å²) in [4.78, 5) is 0. The van der Waals surface area contributed by atoms with E-state index in [0.717, 1.165) is 6.54 Å². The zero-order valence-electron chi connectivity index (χ0n) is 5.01. The predicted octanol–water partition coefficient (Wildman–Crippen LogP) is 1.31. The molecule has 0 aromatic rings. The number of nitrogens with zero attached hydrogens (tertiary/aromatic N) is 1. The summed E-state index contributed by atoms with van der Waals surface area (Å²) in [6.07, 6.45) is 0. The lowest BCUT2D eigenvalue weighted by Gasteiger charge is -1.93. The second kappa shape index (κ2) is 3.11. The smallest absolute Gasteiger partial charge is 0.100 e. The summed E-state index contributed by atoms with van der Waals surface area (Å²) < 4.78 is 12.2. The number of hydrogen-bond donors (Lipinski definition) is 0. The molecule has 0 aromatic heterocycles. The van der Waals surface area contributed by atoms with Crippen molar-refractivity contribution in [2.45, 2.75) is 6.92 Å². The highest BCUT2D eigenvalue weighted by molar-refractivity contribution is 7.40. The van der Waals surface area contributed by atoms with Crippen molar-refractivity contribution in [3.8, 4) is 0 Å². The summed E-state index contributed by atoms with van der Waals surface area (Å²) >= 11 is 0. The normalized spacial score (nSPS) is 12.3. The van der Waals surface area contributed by atoms with Crippen LogP contribution in [0.15, 0.2) is 0 Å². The van der Waals surface area contributed by atoms with Crippen LogP contribution in [0.25, 0.3) is 0 Å². The van der Waals surface area contributed by atoms with Crippen LogP contribution < -0.4 is 0 Å². The highest BCUT2D eigenvalue weighted by Gasteiger charge is 2.10. The van der Waals surface area contributed by atoms with Crippen LogP contribution >= 0.6 is 7.95 Å². The van der Waals surface area contributed by atoms with Crippen molar-refractivity contribution in [3.63, 3.8) is 0 Å². The Hall–Kier alpha value is 0.0600. The molecule has 0 spiro atoms. The van der Waals surface area contributed by atoms with Gasteiger partial charge in [-0.2, -0.15) is 0 Å². The molecule has 42 valence electrons. The molecule has 7 heavy (non-hydrogen) atoms. The standard InChI is InChI=1S/C4H11NOP/c1-4-5(2)7(3)6/h4H2,1-3H3/q+1. The third-order valence-electron chi connectivity index (χ3n) is 0.938. The van der Waals surface area contributed by atoms with Gasteiger partial charge in [0, 0.05) is 13.6 Å². The molecule has 1 unspecified atom stereocenters. The first kappa shape index (κ1) is 7.06. The van der Waals surface area contributed by atoms with E-state index in [9.17, 15) is 4.57 Å². The summed E-state index contributed by atoms with van der Waals surface area (Å²) in [7, 11) is 0.767. The molecule has 0 saturated carbocycles. The average Bonchev–Trinajstić information content (AvgIpc) is 1.65. The van der Waals surface area contributed by atoms with Gasteiger partial charge < -0.3 is 0 Å². The molecule has 1 atom stereocenters. The van der Waals surface area contributed by atoms with Gasteiger partial charge in [0.05, 0.1) is 0 Å². The van der Waals surface area contributed by atoms with E-state index < -0.39 is 7.95 Å². The van der Waals surface area contributed by atoms with Crippen molar-refractivity contribution >= 4 is 7.95 Å². The Morgan fingerprint density at radius 3 is 2.14 bits per heavy atom. The van der Waals surface area contributed by atoms with Crippen molar-refractivity contribution in [2.24, 2.45) is 0 Å². The molecule has 0 radical (unpaired) electrons. The largest absolute Gasteiger partial charge is 0.431 e. The Labute approximate surface area is 45.4 Å². The SMILES string of the molecule is CCN(C)[P+](C)=O. The van der Waals surface area contributed by atoms with Crippen LogP contribution in [0.3, 0.4) is 0 Å². The molecule has 0 aliphatic rings. The first-order valence-electron chi connectivity index (χ1n) is 2.30. The molecule has 0 aliphatic heterocycles. The van der Waals surface area contributed by atoms with E-state index in [1.165, 1.54) is 0 Å². The molecule has 0 aliphatic carbocycles. The second-order valence-corrected chi connectivity index (χ2v) is 3.05. The molecule has 0 heterocycles. The van der Waals surface area contributed by atoms with E-state index in [1.807, 2.05) is 14.0 Å². The van der Waals surface area contributed by atoms with Crippen LogP contribution in [-0.2, 0) is 4.57 Å². The first-order chi connectivity index (χ1) is 3.18. The van der Waals surface area contributed by atoms with Crippen LogP contribution in [0.4, 0.5) is 0 Å². The van der Waals surface area contributed by atoms with Gasteiger partial charge in [-0.1, -0.05) is 4.57 Å². The molecule has 0 bridgehead atoms. The Bertz CT molecular complexity index is 74.1. The van der Waals surface area contributed by atoms with Crippen LogP contribution in [0.2, 0.25) is 0 Å². The minimum absolute atomic E-state index is 0.867. The van der Waals surface area contributed by atoms with Gasteiger partial charge in [-0.25, -0.2) is 0 Å². The van der Waals surface area contributed by atoms with E-state index in [-0.39, 0.29) is 0 Å². The maximum absolute atomic E-state index is 10.4. The highest BCUT2D eigenvalue weighted by atomic mass is 31.1. The number of hydrogen-bond acceptors (Lipinski definition) is 1. The summed E-state index contributed by atoms with van der Waals surface area (Å²) in [5.74, 6) is 0. The summed E-state index contributed by atoms with van der Waals surface area (Å²) in [6.45, 7) is 4.56. The lowest BCUT2D eigenvalue weighted by atomic mass is 10.8. The molecule has 2 nitrogen and oxygen atoms in total. The minimum Gasteiger partial charge on any atom is -0.100 e. The fourth-order valence-electron chi connectivity index (χ4n) is 0.199. The Balaban J connectivity index is 3.34. The van der Waals surface area contributed by atoms with Gasteiger partial charge in [0.25, 0.3) is 0 Å². The molecular weight excluding hydrogens is 109 g/mol. The van der Waals surface area contributed by atoms with E-state index in [1.54, 1.807) is 11.3 Å². The average molecular weight is 120 g/mol. The lowest BCUT2D eigenvalue weighted by molar-refractivity contribution is 0.508. The zero-order valence-corrected chi connectivity index (χ0v) is 5.90. The second-order valence-electron chi connectivity index (χ2n) is 1.44. The van der Waals surface area contributed by atoms with Crippen LogP contribution in [-0.4, -0.2) is 24.9 Å². The molecule has 0 aromatic carbocycles. The molecule has 0 rings (SSSR count). The Morgan fingerprint density at radius 1 is 1.71 bits per heavy atom. The van der Waals surface area contributed by atoms with Crippen molar-refractivity contribution in [3.05, 3.63) is 0 Å². The van der Waals surface area contributed by atoms with Crippen molar-refractivity contribution in [2.75, 3.05) is 20.3 Å². The lowest BCUT2D eigenvalue weighted by Crippen LogP contribution is -2.05. The van der Waals surface area contributed by atoms with E-state index in [4.69, 9.17) is 0 Å². The van der Waals surface area contributed by atoms with Gasteiger partial charge in [-0.05, 0) is 6.92 Å². The molecule has 3 heteroatoms. The van der Waals surface area contributed by atoms with E-state index in [2.05, 4.69) is 0 Å². The summed E-state index contributed by atoms with van der Waals surface area (Å²) in [5.41, 5.74) is 0. The third kappa shape index (κ3) is 2.72. The maximum atomic E-state index is 10.4. The fourth-order valence-corrected chi connectivity index (χ4v) is 0.597. The summed E-state index contributed by atoms with van der Waals surface area (Å²) in [5, 5.41) is 0. The monoisotopic (exact) mass is 120 g/mol. The minimum atomic E-state index is -1.08. The zero-order chi connectivity index (χ0) is 5.86. The van der Waals surface area contributed by atoms with Crippen LogP contribution in [0.5, 0.6) is 0 Å².